The maximum absolute atomic E-state index is 13.2. The number of carbonyl (C=O) groups excluding carboxylic acids is 1. The smallest absolute Gasteiger partial charge is 0.252 e. The van der Waals surface area contributed by atoms with Gasteiger partial charge in [-0.15, -0.1) is 0 Å². The van der Waals surface area contributed by atoms with E-state index in [0.29, 0.717) is 31.1 Å². The number of nitrogens with zero attached hydrogens (tertiary/aromatic N) is 1. The minimum Gasteiger partial charge on any atom is -0.494 e. The SMILES string of the molecule is CCOc1ccc(-c2cc(C(=O)NCC3COc4ccccc4O3)c3ccccc3n2)cc1. The summed E-state index contributed by atoms with van der Waals surface area (Å²) in [6.45, 7) is 3.28. The average molecular weight is 440 g/mol. The molecule has 1 aliphatic rings. The van der Waals surface area contributed by atoms with Crippen molar-refractivity contribution in [2.75, 3.05) is 19.8 Å². The number of amides is 1. The zero-order chi connectivity index (χ0) is 22.6. The van der Waals surface area contributed by atoms with Crippen LogP contribution in [-0.2, 0) is 0 Å². The molecule has 0 saturated carbocycles. The Morgan fingerprint density at radius 2 is 1.79 bits per heavy atom. The third kappa shape index (κ3) is 4.46. The van der Waals surface area contributed by atoms with Crippen LogP contribution >= 0.6 is 0 Å². The van der Waals surface area contributed by atoms with E-state index >= 15 is 0 Å². The van der Waals surface area contributed by atoms with Crippen LogP contribution in [0.3, 0.4) is 0 Å². The topological polar surface area (TPSA) is 69.7 Å². The van der Waals surface area contributed by atoms with Crippen molar-refractivity contribution in [2.45, 2.75) is 13.0 Å². The highest BCUT2D eigenvalue weighted by atomic mass is 16.6. The summed E-state index contributed by atoms with van der Waals surface area (Å²) in [6.07, 6.45) is -0.262. The second kappa shape index (κ2) is 9.20. The number of ether oxygens (including phenoxy) is 3. The van der Waals surface area contributed by atoms with Gasteiger partial charge in [0.1, 0.15) is 18.5 Å². The van der Waals surface area contributed by atoms with Crippen molar-refractivity contribution >= 4 is 16.8 Å². The molecule has 1 amide bonds. The molecule has 0 saturated heterocycles. The molecule has 6 heteroatoms. The Hall–Kier alpha value is -4.06. The molecule has 0 fully saturated rings. The van der Waals surface area contributed by atoms with Crippen molar-refractivity contribution in [2.24, 2.45) is 0 Å². The number of pyridine rings is 1. The fourth-order valence-electron chi connectivity index (χ4n) is 3.87. The first kappa shape index (κ1) is 20.8. The maximum atomic E-state index is 13.2. The molecule has 0 aliphatic carbocycles. The average Bonchev–Trinajstić information content (AvgIpc) is 2.87. The highest BCUT2D eigenvalue weighted by molar-refractivity contribution is 6.07. The summed E-state index contributed by atoms with van der Waals surface area (Å²) in [5.74, 6) is 2.04. The van der Waals surface area contributed by atoms with Gasteiger partial charge in [0.15, 0.2) is 11.5 Å². The zero-order valence-corrected chi connectivity index (χ0v) is 18.3. The predicted molar refractivity (Wildman–Crippen MR) is 127 cm³/mol. The molecule has 0 radical (unpaired) electrons. The van der Waals surface area contributed by atoms with Crippen LogP contribution in [0.15, 0.2) is 78.9 Å². The van der Waals surface area contributed by atoms with Gasteiger partial charge in [-0.2, -0.15) is 0 Å². The van der Waals surface area contributed by atoms with E-state index in [9.17, 15) is 4.79 Å². The summed E-state index contributed by atoms with van der Waals surface area (Å²) in [4.78, 5) is 18.0. The van der Waals surface area contributed by atoms with Gasteiger partial charge in [-0.3, -0.25) is 4.79 Å². The second-order valence-corrected chi connectivity index (χ2v) is 7.74. The lowest BCUT2D eigenvalue weighted by atomic mass is 10.0. The molecule has 4 aromatic rings. The molecule has 1 unspecified atom stereocenters. The molecular formula is C27H24N2O4. The van der Waals surface area contributed by atoms with Gasteiger partial charge < -0.3 is 19.5 Å². The lowest BCUT2D eigenvalue weighted by Gasteiger charge is -2.26. The number of fused-ring (bicyclic) bond motifs is 2. The van der Waals surface area contributed by atoms with Gasteiger partial charge in [-0.1, -0.05) is 30.3 Å². The van der Waals surface area contributed by atoms with Crippen molar-refractivity contribution in [1.82, 2.24) is 10.3 Å². The van der Waals surface area contributed by atoms with E-state index < -0.39 is 0 Å². The summed E-state index contributed by atoms with van der Waals surface area (Å²) in [5, 5.41) is 3.81. The van der Waals surface area contributed by atoms with Gasteiger partial charge in [0.2, 0.25) is 0 Å². The van der Waals surface area contributed by atoms with Crippen molar-refractivity contribution in [3.8, 4) is 28.5 Å². The number of hydrogen-bond donors (Lipinski definition) is 1. The Bertz CT molecular complexity index is 1290. The van der Waals surface area contributed by atoms with Crippen LogP contribution < -0.4 is 19.5 Å². The largest absolute Gasteiger partial charge is 0.494 e. The number of nitrogens with one attached hydrogen (secondary N) is 1. The fourth-order valence-corrected chi connectivity index (χ4v) is 3.87. The van der Waals surface area contributed by atoms with Gasteiger partial charge in [0.25, 0.3) is 5.91 Å². The molecule has 0 bridgehead atoms. The Labute approximate surface area is 192 Å². The van der Waals surface area contributed by atoms with E-state index in [4.69, 9.17) is 19.2 Å². The minimum absolute atomic E-state index is 0.178. The van der Waals surface area contributed by atoms with Crippen LogP contribution in [0, 0.1) is 0 Å². The number of aromatic nitrogens is 1. The third-order valence-corrected chi connectivity index (χ3v) is 5.48. The summed E-state index contributed by atoms with van der Waals surface area (Å²) in [7, 11) is 0. The first-order valence-electron chi connectivity index (χ1n) is 11.0. The summed E-state index contributed by atoms with van der Waals surface area (Å²) in [6, 6.07) is 24.8. The molecule has 33 heavy (non-hydrogen) atoms. The van der Waals surface area contributed by atoms with Crippen LogP contribution in [0.5, 0.6) is 17.2 Å². The standard InChI is InChI=1S/C27H24N2O4/c1-2-31-19-13-11-18(12-14-19)24-15-22(21-7-3-4-8-23(21)29-24)27(30)28-16-20-17-32-25-9-5-6-10-26(25)33-20/h3-15,20H,2,16-17H2,1H3,(H,28,30). The molecule has 166 valence electrons. The first-order chi connectivity index (χ1) is 16.2. The van der Waals surface area contributed by atoms with Crippen LogP contribution in [0.2, 0.25) is 0 Å². The van der Waals surface area contributed by atoms with E-state index in [2.05, 4.69) is 5.32 Å². The molecule has 1 N–H and O–H groups in total. The van der Waals surface area contributed by atoms with Crippen LogP contribution in [-0.4, -0.2) is 36.8 Å². The Kier molecular flexibility index (Phi) is 5.81. The van der Waals surface area contributed by atoms with E-state index in [-0.39, 0.29) is 12.0 Å². The minimum atomic E-state index is -0.262. The summed E-state index contributed by atoms with van der Waals surface area (Å²) in [5.41, 5.74) is 2.98. The number of carbonyl (C=O) groups is 1. The second-order valence-electron chi connectivity index (χ2n) is 7.74. The lowest BCUT2D eigenvalue weighted by Crippen LogP contribution is -2.40. The zero-order valence-electron chi connectivity index (χ0n) is 18.3. The van der Waals surface area contributed by atoms with Gasteiger partial charge in [0.05, 0.1) is 29.9 Å². The molecule has 3 aromatic carbocycles. The first-order valence-corrected chi connectivity index (χ1v) is 11.0. The lowest BCUT2D eigenvalue weighted by molar-refractivity contribution is 0.0790. The summed E-state index contributed by atoms with van der Waals surface area (Å²) >= 11 is 0. The number of hydrogen-bond acceptors (Lipinski definition) is 5. The quantitative estimate of drug-likeness (QED) is 0.463. The molecule has 0 spiro atoms. The van der Waals surface area contributed by atoms with Gasteiger partial charge >= 0.3 is 0 Å². The van der Waals surface area contributed by atoms with Crippen LogP contribution in [0.1, 0.15) is 17.3 Å². The van der Waals surface area contributed by atoms with Gasteiger partial charge in [-0.05, 0) is 55.5 Å². The Balaban J connectivity index is 1.38. The number of rotatable bonds is 6. The van der Waals surface area contributed by atoms with Gasteiger partial charge in [0, 0.05) is 10.9 Å². The van der Waals surface area contributed by atoms with Crippen LogP contribution in [0.4, 0.5) is 0 Å². The van der Waals surface area contributed by atoms with Crippen molar-refractivity contribution in [1.29, 1.82) is 0 Å². The molecule has 2 heterocycles. The molecule has 6 nitrogen and oxygen atoms in total. The van der Waals surface area contributed by atoms with E-state index in [0.717, 1.165) is 33.7 Å². The highest BCUT2D eigenvalue weighted by Gasteiger charge is 2.22. The fraction of sp³-hybridized carbons (Fsp3) is 0.185. The normalized spacial score (nSPS) is 14.6. The Morgan fingerprint density at radius 1 is 1.03 bits per heavy atom. The van der Waals surface area contributed by atoms with Crippen LogP contribution in [0.25, 0.3) is 22.2 Å². The van der Waals surface area contributed by atoms with E-state index in [1.165, 1.54) is 0 Å². The molecular weight excluding hydrogens is 416 g/mol. The summed E-state index contributed by atoms with van der Waals surface area (Å²) < 4.78 is 17.3. The van der Waals surface area contributed by atoms with Crippen molar-refractivity contribution in [3.63, 3.8) is 0 Å². The molecule has 1 aliphatic heterocycles. The highest BCUT2D eigenvalue weighted by Crippen LogP contribution is 2.31. The molecule has 1 aromatic heterocycles. The monoisotopic (exact) mass is 440 g/mol. The maximum Gasteiger partial charge on any atom is 0.252 e. The van der Waals surface area contributed by atoms with Gasteiger partial charge in [-0.25, -0.2) is 4.98 Å². The molecule has 1 atom stereocenters. The molecule has 5 rings (SSSR count). The van der Waals surface area contributed by atoms with Crippen molar-refractivity contribution in [3.05, 3.63) is 84.4 Å². The van der Waals surface area contributed by atoms with E-state index in [1.807, 2.05) is 85.8 Å². The Morgan fingerprint density at radius 3 is 2.61 bits per heavy atom. The van der Waals surface area contributed by atoms with E-state index in [1.54, 1.807) is 0 Å². The number of benzene rings is 3. The van der Waals surface area contributed by atoms with Crippen molar-refractivity contribution < 1.29 is 19.0 Å². The predicted octanol–water partition coefficient (Wildman–Crippen LogP) is 4.87. The third-order valence-electron chi connectivity index (χ3n) is 5.48. The number of para-hydroxylation sites is 3.